The number of carbonyl (C=O) groups is 3. The molecule has 0 spiro atoms. The van der Waals surface area contributed by atoms with Crippen molar-refractivity contribution in [3.05, 3.63) is 65.2 Å². The van der Waals surface area contributed by atoms with Gasteiger partial charge in [-0.25, -0.2) is 14.4 Å². The Balaban J connectivity index is 1.91. The molecular formula is C19H8O5. The van der Waals surface area contributed by atoms with Gasteiger partial charge in [0.1, 0.15) is 5.76 Å². The number of hydrogen-bond acceptors (Lipinski definition) is 5. The van der Waals surface area contributed by atoms with Gasteiger partial charge in [0, 0.05) is 5.56 Å². The Kier molecular flexibility index (Phi) is 2.21. The highest BCUT2D eigenvalue weighted by Crippen LogP contribution is 2.36. The van der Waals surface area contributed by atoms with Gasteiger partial charge in [-0.3, -0.25) is 0 Å². The van der Waals surface area contributed by atoms with Crippen molar-refractivity contribution in [1.29, 1.82) is 0 Å². The lowest BCUT2D eigenvalue weighted by Gasteiger charge is -2.07. The number of carbonyl (C=O) groups excluding carboxylic acids is 3. The number of ether oxygens (including phenoxy) is 2. The van der Waals surface area contributed by atoms with E-state index in [1.165, 1.54) is 0 Å². The molecule has 0 fully saturated rings. The summed E-state index contributed by atoms with van der Waals surface area (Å²) in [6, 6.07) is 10.6. The fourth-order valence-corrected chi connectivity index (χ4v) is 3.31. The van der Waals surface area contributed by atoms with Crippen molar-refractivity contribution in [3.8, 4) is 0 Å². The molecule has 0 aromatic heterocycles. The van der Waals surface area contributed by atoms with Crippen molar-refractivity contribution in [2.75, 3.05) is 0 Å². The Morgan fingerprint density at radius 2 is 1.08 bits per heavy atom. The molecule has 0 bridgehead atoms. The third-order valence-corrected chi connectivity index (χ3v) is 4.47. The van der Waals surface area contributed by atoms with E-state index in [0.29, 0.717) is 16.9 Å². The van der Waals surface area contributed by atoms with Gasteiger partial charge in [0.15, 0.2) is 0 Å². The van der Waals surface area contributed by atoms with Crippen LogP contribution in [0.4, 0.5) is 0 Å². The van der Waals surface area contributed by atoms with Crippen LogP contribution in [-0.4, -0.2) is 17.9 Å². The van der Waals surface area contributed by atoms with Crippen LogP contribution in [0.15, 0.2) is 43.0 Å². The fraction of sp³-hybridized carbons (Fsp3) is 0. The lowest BCUT2D eigenvalue weighted by atomic mass is 9.94. The van der Waals surface area contributed by atoms with Crippen LogP contribution in [0, 0.1) is 0 Å². The summed E-state index contributed by atoms with van der Waals surface area (Å²) < 4.78 is 9.72. The van der Waals surface area contributed by atoms with E-state index < -0.39 is 17.9 Å². The molecule has 0 saturated heterocycles. The molecular weight excluding hydrogens is 308 g/mol. The summed E-state index contributed by atoms with van der Waals surface area (Å²) in [6.45, 7) is 3.74. The molecule has 5 heteroatoms. The Hall–Kier alpha value is -3.47. The van der Waals surface area contributed by atoms with Gasteiger partial charge >= 0.3 is 17.9 Å². The van der Waals surface area contributed by atoms with Crippen molar-refractivity contribution in [2.45, 2.75) is 0 Å². The Labute approximate surface area is 135 Å². The van der Waals surface area contributed by atoms with Crippen LogP contribution in [0.5, 0.6) is 0 Å². The molecule has 0 saturated carbocycles. The fourth-order valence-electron chi connectivity index (χ4n) is 3.31. The lowest BCUT2D eigenvalue weighted by molar-refractivity contribution is 0.0443. The smallest absolute Gasteiger partial charge is 0.346 e. The highest BCUT2D eigenvalue weighted by atomic mass is 16.6. The SMILES string of the molecule is C=C1OC(=O)c2cc3c(ccc4cc5c(cc43)C(=O)OC5=O)cc21. The molecule has 0 radical (unpaired) electrons. The van der Waals surface area contributed by atoms with Crippen LogP contribution in [0.3, 0.4) is 0 Å². The zero-order valence-electron chi connectivity index (χ0n) is 12.2. The first-order valence-corrected chi connectivity index (χ1v) is 7.25. The monoisotopic (exact) mass is 316 g/mol. The van der Waals surface area contributed by atoms with E-state index in [0.717, 1.165) is 21.5 Å². The van der Waals surface area contributed by atoms with Gasteiger partial charge in [-0.2, -0.15) is 0 Å². The van der Waals surface area contributed by atoms with Crippen LogP contribution < -0.4 is 0 Å². The second kappa shape index (κ2) is 4.08. The molecule has 5 rings (SSSR count). The van der Waals surface area contributed by atoms with E-state index in [9.17, 15) is 14.4 Å². The zero-order valence-corrected chi connectivity index (χ0v) is 12.2. The molecule has 0 amide bonds. The topological polar surface area (TPSA) is 69.7 Å². The molecule has 0 atom stereocenters. The van der Waals surface area contributed by atoms with E-state index in [2.05, 4.69) is 11.3 Å². The second-order valence-corrected chi connectivity index (χ2v) is 5.79. The first-order valence-electron chi connectivity index (χ1n) is 7.25. The quantitative estimate of drug-likeness (QED) is 0.361. The van der Waals surface area contributed by atoms with E-state index >= 15 is 0 Å². The minimum absolute atomic E-state index is 0.243. The van der Waals surface area contributed by atoms with Crippen LogP contribution in [0.25, 0.3) is 27.3 Å². The maximum atomic E-state index is 11.9. The summed E-state index contributed by atoms with van der Waals surface area (Å²) in [7, 11) is 0. The average molecular weight is 316 g/mol. The van der Waals surface area contributed by atoms with E-state index in [4.69, 9.17) is 4.74 Å². The normalized spacial score (nSPS) is 15.7. The highest BCUT2D eigenvalue weighted by Gasteiger charge is 2.31. The van der Waals surface area contributed by atoms with Crippen molar-refractivity contribution >= 4 is 45.2 Å². The summed E-state index contributed by atoms with van der Waals surface area (Å²) in [5, 5.41) is 3.25. The maximum Gasteiger partial charge on any atom is 0.346 e. The minimum Gasteiger partial charge on any atom is -0.423 e. The Morgan fingerprint density at radius 3 is 1.71 bits per heavy atom. The minimum atomic E-state index is -0.650. The van der Waals surface area contributed by atoms with E-state index in [1.807, 2.05) is 18.2 Å². The summed E-state index contributed by atoms with van der Waals surface area (Å²) in [4.78, 5) is 35.4. The molecule has 2 heterocycles. The Bertz CT molecular complexity index is 1080. The van der Waals surface area contributed by atoms with E-state index in [-0.39, 0.29) is 11.1 Å². The molecule has 0 N–H and O–H groups in total. The third kappa shape index (κ3) is 1.50. The predicted molar refractivity (Wildman–Crippen MR) is 85.6 cm³/mol. The predicted octanol–water partition coefficient (Wildman–Crippen LogP) is 3.44. The molecule has 2 aliphatic rings. The zero-order chi connectivity index (χ0) is 16.6. The number of esters is 3. The average Bonchev–Trinajstić information content (AvgIpc) is 3.00. The van der Waals surface area contributed by atoms with Gasteiger partial charge in [0.2, 0.25) is 0 Å². The van der Waals surface area contributed by atoms with Gasteiger partial charge in [-0.15, -0.1) is 0 Å². The molecule has 3 aromatic carbocycles. The van der Waals surface area contributed by atoms with Gasteiger partial charge < -0.3 is 9.47 Å². The molecule has 0 unspecified atom stereocenters. The third-order valence-electron chi connectivity index (χ3n) is 4.47. The van der Waals surface area contributed by atoms with E-state index in [1.54, 1.807) is 18.2 Å². The van der Waals surface area contributed by atoms with Crippen molar-refractivity contribution in [1.82, 2.24) is 0 Å². The Morgan fingerprint density at radius 1 is 0.625 bits per heavy atom. The van der Waals surface area contributed by atoms with Crippen molar-refractivity contribution in [3.63, 3.8) is 0 Å². The summed E-state index contributed by atoms with van der Waals surface area (Å²) in [5.41, 5.74) is 1.62. The first-order chi connectivity index (χ1) is 11.5. The standard InChI is InChI=1S/C19H8O5/c1-8-11-4-9-2-3-10-5-14-16(19(22)24-18(14)21)7-13(10)12(9)6-15(11)17(20)23-8/h2-7H,1H2. The summed E-state index contributed by atoms with van der Waals surface area (Å²) in [5.74, 6) is -1.39. The number of rotatable bonds is 0. The van der Waals surface area contributed by atoms with Gasteiger partial charge in [0.25, 0.3) is 0 Å². The summed E-state index contributed by atoms with van der Waals surface area (Å²) in [6.07, 6.45) is 0. The van der Waals surface area contributed by atoms with Crippen molar-refractivity contribution < 1.29 is 23.9 Å². The first kappa shape index (κ1) is 13.0. The number of fused-ring (bicyclic) bond motifs is 5. The molecule has 3 aromatic rings. The lowest BCUT2D eigenvalue weighted by Crippen LogP contribution is -1.96. The number of cyclic esters (lactones) is 3. The van der Waals surface area contributed by atoms with Crippen LogP contribution >= 0.6 is 0 Å². The molecule has 114 valence electrons. The van der Waals surface area contributed by atoms with Crippen molar-refractivity contribution in [2.24, 2.45) is 0 Å². The van der Waals surface area contributed by atoms with Gasteiger partial charge in [-0.1, -0.05) is 18.7 Å². The van der Waals surface area contributed by atoms with Crippen LogP contribution in [-0.2, 0) is 9.47 Å². The van der Waals surface area contributed by atoms with Crippen LogP contribution in [0.1, 0.15) is 36.6 Å². The number of benzene rings is 3. The summed E-state index contributed by atoms with van der Waals surface area (Å²) >= 11 is 0. The van der Waals surface area contributed by atoms with Crippen LogP contribution in [0.2, 0.25) is 0 Å². The van der Waals surface area contributed by atoms with Gasteiger partial charge in [0.05, 0.1) is 16.7 Å². The number of hydrogen-bond donors (Lipinski definition) is 0. The molecule has 24 heavy (non-hydrogen) atoms. The largest absolute Gasteiger partial charge is 0.423 e. The molecule has 0 aliphatic carbocycles. The van der Waals surface area contributed by atoms with Gasteiger partial charge in [-0.05, 0) is 45.8 Å². The molecule has 5 nitrogen and oxygen atoms in total. The maximum absolute atomic E-state index is 11.9. The second-order valence-electron chi connectivity index (χ2n) is 5.79. The molecule has 2 aliphatic heterocycles. The highest BCUT2D eigenvalue weighted by molar-refractivity contribution is 6.20.